The summed E-state index contributed by atoms with van der Waals surface area (Å²) in [6.07, 6.45) is -0.527. The van der Waals surface area contributed by atoms with Crippen LogP contribution in [0.1, 0.15) is 25.0 Å². The molecule has 1 amide bonds. The van der Waals surface area contributed by atoms with Crippen molar-refractivity contribution in [2.24, 2.45) is 0 Å². The molecule has 0 spiro atoms. The van der Waals surface area contributed by atoms with Gasteiger partial charge in [0.2, 0.25) is 0 Å². The highest BCUT2D eigenvalue weighted by Crippen LogP contribution is 2.20. The Balaban J connectivity index is 2.58. The third kappa shape index (κ3) is 4.91. The average molecular weight is 265 g/mol. The van der Waals surface area contributed by atoms with Crippen molar-refractivity contribution in [2.45, 2.75) is 39.8 Å². The van der Waals surface area contributed by atoms with Gasteiger partial charge in [-0.2, -0.15) is 0 Å². The standard InChI is InChI=1S/C15H23NO3/c1-10-6-7-14(11(2)8-10)19-13(4)15(17)16-12(3)9-18-5/h6-8,12-13H,9H2,1-5H3,(H,16,17)/t12-,13+/m1/s1. The van der Waals surface area contributed by atoms with Gasteiger partial charge in [0.1, 0.15) is 5.75 Å². The van der Waals surface area contributed by atoms with Crippen LogP contribution in [0.25, 0.3) is 0 Å². The molecule has 0 heterocycles. The SMILES string of the molecule is COC[C@@H](C)NC(=O)[C@H](C)Oc1ccc(C)cc1C. The Morgan fingerprint density at radius 3 is 2.58 bits per heavy atom. The molecule has 0 fully saturated rings. The molecule has 1 rings (SSSR count). The van der Waals surface area contributed by atoms with E-state index in [0.29, 0.717) is 6.61 Å². The van der Waals surface area contributed by atoms with Gasteiger partial charge in [-0.3, -0.25) is 4.79 Å². The molecule has 2 atom stereocenters. The maximum Gasteiger partial charge on any atom is 0.261 e. The minimum atomic E-state index is -0.527. The van der Waals surface area contributed by atoms with Crippen LogP contribution in [0.15, 0.2) is 18.2 Å². The molecule has 1 N–H and O–H groups in total. The topological polar surface area (TPSA) is 47.6 Å². The second kappa shape index (κ2) is 7.14. The molecule has 0 aliphatic heterocycles. The molecule has 0 aromatic heterocycles. The Bertz CT molecular complexity index is 431. The lowest BCUT2D eigenvalue weighted by Gasteiger charge is -2.19. The van der Waals surface area contributed by atoms with E-state index < -0.39 is 6.10 Å². The normalized spacial score (nSPS) is 13.7. The maximum atomic E-state index is 11.9. The number of amides is 1. The summed E-state index contributed by atoms with van der Waals surface area (Å²) in [4.78, 5) is 11.9. The predicted octanol–water partition coefficient (Wildman–Crippen LogP) is 2.22. The van der Waals surface area contributed by atoms with Gasteiger partial charge in [-0.25, -0.2) is 0 Å². The maximum absolute atomic E-state index is 11.9. The molecule has 0 aliphatic carbocycles. The molecular weight excluding hydrogens is 242 g/mol. The molecule has 106 valence electrons. The quantitative estimate of drug-likeness (QED) is 0.858. The lowest BCUT2D eigenvalue weighted by molar-refractivity contribution is -0.128. The smallest absolute Gasteiger partial charge is 0.261 e. The van der Waals surface area contributed by atoms with E-state index in [2.05, 4.69) is 5.32 Å². The zero-order valence-electron chi connectivity index (χ0n) is 12.3. The van der Waals surface area contributed by atoms with E-state index in [4.69, 9.17) is 9.47 Å². The van der Waals surface area contributed by atoms with Gasteiger partial charge in [0.05, 0.1) is 6.61 Å². The van der Waals surface area contributed by atoms with Crippen LogP contribution in [0.5, 0.6) is 5.75 Å². The highest BCUT2D eigenvalue weighted by Gasteiger charge is 2.17. The van der Waals surface area contributed by atoms with Crippen molar-refractivity contribution >= 4 is 5.91 Å². The number of nitrogens with one attached hydrogen (secondary N) is 1. The summed E-state index contributed by atoms with van der Waals surface area (Å²) >= 11 is 0. The second-order valence-electron chi connectivity index (χ2n) is 4.89. The first-order valence-electron chi connectivity index (χ1n) is 6.47. The Hall–Kier alpha value is -1.55. The summed E-state index contributed by atoms with van der Waals surface area (Å²) in [6, 6.07) is 5.88. The van der Waals surface area contributed by atoms with E-state index >= 15 is 0 Å². The zero-order valence-corrected chi connectivity index (χ0v) is 12.3. The fourth-order valence-corrected chi connectivity index (χ4v) is 1.83. The molecule has 0 saturated carbocycles. The van der Waals surface area contributed by atoms with Gasteiger partial charge in [0, 0.05) is 13.2 Å². The van der Waals surface area contributed by atoms with Gasteiger partial charge >= 0.3 is 0 Å². The average Bonchev–Trinajstić information content (AvgIpc) is 2.32. The fraction of sp³-hybridized carbons (Fsp3) is 0.533. The third-order valence-electron chi connectivity index (χ3n) is 2.81. The molecule has 1 aromatic rings. The van der Waals surface area contributed by atoms with Crippen molar-refractivity contribution in [3.63, 3.8) is 0 Å². The van der Waals surface area contributed by atoms with E-state index in [1.165, 1.54) is 5.56 Å². The van der Waals surface area contributed by atoms with Crippen LogP contribution in [-0.2, 0) is 9.53 Å². The van der Waals surface area contributed by atoms with Crippen molar-refractivity contribution in [2.75, 3.05) is 13.7 Å². The van der Waals surface area contributed by atoms with E-state index in [1.54, 1.807) is 14.0 Å². The summed E-state index contributed by atoms with van der Waals surface area (Å²) < 4.78 is 10.7. The number of carbonyl (C=O) groups excluding carboxylic acids is 1. The summed E-state index contributed by atoms with van der Waals surface area (Å²) in [6.45, 7) is 8.13. The third-order valence-corrected chi connectivity index (χ3v) is 2.81. The van der Waals surface area contributed by atoms with Crippen molar-refractivity contribution in [1.82, 2.24) is 5.32 Å². The molecular formula is C15H23NO3. The first-order chi connectivity index (χ1) is 8.93. The van der Waals surface area contributed by atoms with E-state index in [9.17, 15) is 4.79 Å². The van der Waals surface area contributed by atoms with E-state index in [-0.39, 0.29) is 11.9 Å². The van der Waals surface area contributed by atoms with Crippen LogP contribution in [0.2, 0.25) is 0 Å². The van der Waals surface area contributed by atoms with Gasteiger partial charge in [-0.15, -0.1) is 0 Å². The van der Waals surface area contributed by atoms with Gasteiger partial charge in [-0.05, 0) is 39.3 Å². The van der Waals surface area contributed by atoms with Gasteiger partial charge in [0.15, 0.2) is 6.10 Å². The molecule has 0 radical (unpaired) electrons. The lowest BCUT2D eigenvalue weighted by Crippen LogP contribution is -2.43. The van der Waals surface area contributed by atoms with Crippen molar-refractivity contribution in [1.29, 1.82) is 0 Å². The number of rotatable bonds is 6. The molecule has 0 unspecified atom stereocenters. The minimum absolute atomic E-state index is 0.0253. The van der Waals surface area contributed by atoms with E-state index in [0.717, 1.165) is 11.3 Å². The number of carbonyl (C=O) groups is 1. The molecule has 1 aromatic carbocycles. The molecule has 0 bridgehead atoms. The summed E-state index contributed by atoms with van der Waals surface area (Å²) in [7, 11) is 1.61. The molecule has 4 nitrogen and oxygen atoms in total. The molecule has 4 heteroatoms. The highest BCUT2D eigenvalue weighted by atomic mass is 16.5. The van der Waals surface area contributed by atoms with Crippen LogP contribution in [0.4, 0.5) is 0 Å². The second-order valence-corrected chi connectivity index (χ2v) is 4.89. The largest absolute Gasteiger partial charge is 0.481 e. The van der Waals surface area contributed by atoms with Crippen molar-refractivity contribution < 1.29 is 14.3 Å². The molecule has 0 saturated heterocycles. The van der Waals surface area contributed by atoms with Crippen LogP contribution in [-0.4, -0.2) is 31.8 Å². The number of methoxy groups -OCH3 is 1. The monoisotopic (exact) mass is 265 g/mol. The predicted molar refractivity (Wildman–Crippen MR) is 75.5 cm³/mol. The van der Waals surface area contributed by atoms with Crippen molar-refractivity contribution in [3.8, 4) is 5.75 Å². The number of hydrogen-bond acceptors (Lipinski definition) is 3. The Labute approximate surface area is 115 Å². The fourth-order valence-electron chi connectivity index (χ4n) is 1.83. The van der Waals surface area contributed by atoms with Crippen LogP contribution < -0.4 is 10.1 Å². The highest BCUT2D eigenvalue weighted by molar-refractivity contribution is 5.81. The summed E-state index contributed by atoms with van der Waals surface area (Å²) in [5.74, 6) is 0.608. The number of ether oxygens (including phenoxy) is 2. The van der Waals surface area contributed by atoms with Crippen LogP contribution in [0.3, 0.4) is 0 Å². The van der Waals surface area contributed by atoms with Crippen molar-refractivity contribution in [3.05, 3.63) is 29.3 Å². The summed E-state index contributed by atoms with van der Waals surface area (Å²) in [5, 5.41) is 2.84. The first-order valence-corrected chi connectivity index (χ1v) is 6.47. The number of aryl methyl sites for hydroxylation is 2. The zero-order chi connectivity index (χ0) is 14.4. The lowest BCUT2D eigenvalue weighted by atomic mass is 10.1. The molecule has 0 aliphatic rings. The van der Waals surface area contributed by atoms with Gasteiger partial charge in [0.25, 0.3) is 5.91 Å². The summed E-state index contributed by atoms with van der Waals surface area (Å²) in [5.41, 5.74) is 2.21. The van der Waals surface area contributed by atoms with Crippen LogP contribution >= 0.6 is 0 Å². The van der Waals surface area contributed by atoms with Gasteiger partial charge in [-0.1, -0.05) is 17.7 Å². The number of hydrogen-bond donors (Lipinski definition) is 1. The Morgan fingerprint density at radius 2 is 2.00 bits per heavy atom. The Morgan fingerprint density at radius 1 is 1.32 bits per heavy atom. The first kappa shape index (κ1) is 15.5. The molecule has 19 heavy (non-hydrogen) atoms. The Kier molecular flexibility index (Phi) is 5.83. The van der Waals surface area contributed by atoms with E-state index in [1.807, 2.05) is 39.0 Å². The van der Waals surface area contributed by atoms with Crippen LogP contribution in [0, 0.1) is 13.8 Å². The van der Waals surface area contributed by atoms with Gasteiger partial charge < -0.3 is 14.8 Å². The minimum Gasteiger partial charge on any atom is -0.481 e. The number of benzene rings is 1.